The molecule has 0 unspecified atom stereocenters. The zero-order chi connectivity index (χ0) is 19.3. The number of rotatable bonds is 6. The Morgan fingerprint density at radius 1 is 1.27 bits per heavy atom. The third-order valence-corrected chi connectivity index (χ3v) is 5.26. The first kappa shape index (κ1) is 20.4. The van der Waals surface area contributed by atoms with Crippen LogP contribution >= 0.6 is 11.3 Å². The van der Waals surface area contributed by atoms with Crippen LogP contribution in [0.3, 0.4) is 0 Å². The van der Waals surface area contributed by atoms with Gasteiger partial charge in [-0.2, -0.15) is 5.10 Å². The van der Waals surface area contributed by atoms with Crippen molar-refractivity contribution in [3.63, 3.8) is 0 Å². The lowest BCUT2D eigenvalue weighted by Crippen LogP contribution is -2.38. The van der Waals surface area contributed by atoms with E-state index in [2.05, 4.69) is 55.7 Å². The van der Waals surface area contributed by atoms with Gasteiger partial charge in [0.2, 0.25) is 0 Å². The van der Waals surface area contributed by atoms with Crippen molar-refractivity contribution in [2.75, 3.05) is 13.1 Å². The van der Waals surface area contributed by atoms with Crippen molar-refractivity contribution in [3.05, 3.63) is 33.0 Å². The van der Waals surface area contributed by atoms with Crippen LogP contribution in [0.25, 0.3) is 0 Å². The molecule has 0 spiro atoms. The van der Waals surface area contributed by atoms with Gasteiger partial charge in [-0.25, -0.2) is 9.98 Å². The molecule has 6 nitrogen and oxygen atoms in total. The average molecular weight is 377 g/mol. The summed E-state index contributed by atoms with van der Waals surface area (Å²) in [5.74, 6) is 0.836. The fourth-order valence-corrected chi connectivity index (χ4v) is 3.63. The molecule has 0 atom stereocenters. The summed E-state index contributed by atoms with van der Waals surface area (Å²) in [7, 11) is 1.97. The first-order valence-electron chi connectivity index (χ1n) is 9.18. The number of aliphatic imine (C=N–C) groups is 1. The Morgan fingerprint density at radius 3 is 2.54 bits per heavy atom. The van der Waals surface area contributed by atoms with Crippen molar-refractivity contribution in [2.45, 2.75) is 59.9 Å². The number of hydrogen-bond acceptors (Lipinski definition) is 4. The average Bonchev–Trinajstić information content (AvgIpc) is 3.11. The van der Waals surface area contributed by atoms with Gasteiger partial charge in [-0.05, 0) is 20.8 Å². The van der Waals surface area contributed by atoms with Gasteiger partial charge in [0, 0.05) is 48.6 Å². The van der Waals surface area contributed by atoms with Crippen molar-refractivity contribution in [3.8, 4) is 0 Å². The van der Waals surface area contributed by atoms with Crippen molar-refractivity contribution >= 4 is 17.3 Å². The van der Waals surface area contributed by atoms with E-state index in [9.17, 15) is 0 Å². The van der Waals surface area contributed by atoms with E-state index in [1.165, 1.54) is 17.0 Å². The summed E-state index contributed by atoms with van der Waals surface area (Å²) in [6, 6.07) is 0. The van der Waals surface area contributed by atoms with E-state index in [-0.39, 0.29) is 5.41 Å². The molecular formula is C19H32N6S. The number of nitrogens with one attached hydrogen (secondary N) is 2. The first-order valence-corrected chi connectivity index (χ1v) is 10.1. The fraction of sp³-hybridized carbons (Fsp3) is 0.632. The van der Waals surface area contributed by atoms with Crippen LogP contribution in [0.5, 0.6) is 0 Å². The van der Waals surface area contributed by atoms with Gasteiger partial charge in [0.15, 0.2) is 5.96 Å². The van der Waals surface area contributed by atoms with Crippen LogP contribution in [-0.4, -0.2) is 33.8 Å². The Labute approximate surface area is 161 Å². The normalized spacial score (nSPS) is 12.5. The van der Waals surface area contributed by atoms with Gasteiger partial charge in [-0.3, -0.25) is 4.68 Å². The third-order valence-electron chi connectivity index (χ3n) is 4.35. The molecule has 0 aromatic carbocycles. The molecular weight excluding hydrogens is 344 g/mol. The van der Waals surface area contributed by atoms with Gasteiger partial charge < -0.3 is 10.6 Å². The van der Waals surface area contributed by atoms with E-state index in [0.717, 1.165) is 36.2 Å². The quantitative estimate of drug-likeness (QED) is 0.600. The summed E-state index contributed by atoms with van der Waals surface area (Å²) in [6.45, 7) is 15.1. The van der Waals surface area contributed by atoms with E-state index in [1.54, 1.807) is 11.3 Å². The fourth-order valence-electron chi connectivity index (χ4n) is 2.60. The van der Waals surface area contributed by atoms with E-state index < -0.39 is 0 Å². The van der Waals surface area contributed by atoms with Crippen molar-refractivity contribution in [2.24, 2.45) is 12.0 Å². The van der Waals surface area contributed by atoms with Crippen LogP contribution in [0.4, 0.5) is 0 Å². The van der Waals surface area contributed by atoms with Crippen LogP contribution in [0, 0.1) is 13.8 Å². The standard InChI is InChI=1S/C19H32N6S/c1-8-20-18(22-11-15-13(2)24-25(7)14(15)3)21-10-9-17-23-16(12-26-17)19(4,5)6/h12H,8-11H2,1-7H3,(H2,20,21,22). The molecule has 2 heterocycles. The molecule has 0 radical (unpaired) electrons. The molecule has 0 saturated carbocycles. The number of aromatic nitrogens is 3. The Hall–Kier alpha value is -1.89. The summed E-state index contributed by atoms with van der Waals surface area (Å²) < 4.78 is 1.91. The first-order chi connectivity index (χ1) is 12.2. The molecule has 0 bridgehead atoms. The molecule has 0 aliphatic rings. The smallest absolute Gasteiger partial charge is 0.191 e. The molecule has 0 amide bonds. The predicted molar refractivity (Wildman–Crippen MR) is 110 cm³/mol. The molecule has 2 aromatic rings. The topological polar surface area (TPSA) is 67.1 Å². The lowest BCUT2D eigenvalue weighted by atomic mass is 9.93. The van der Waals surface area contributed by atoms with Crippen LogP contribution in [0.2, 0.25) is 0 Å². The lowest BCUT2D eigenvalue weighted by molar-refractivity contribution is 0.570. The van der Waals surface area contributed by atoms with Crippen molar-refractivity contribution < 1.29 is 0 Å². The summed E-state index contributed by atoms with van der Waals surface area (Å²) >= 11 is 1.74. The zero-order valence-corrected chi connectivity index (χ0v) is 17.9. The molecule has 2 N–H and O–H groups in total. The number of nitrogens with zero attached hydrogens (tertiary/aromatic N) is 4. The Bertz CT molecular complexity index is 751. The van der Waals surface area contributed by atoms with Crippen LogP contribution in [-0.2, 0) is 25.4 Å². The van der Waals surface area contributed by atoms with E-state index in [1.807, 2.05) is 18.7 Å². The lowest BCUT2D eigenvalue weighted by Gasteiger charge is -2.14. The Morgan fingerprint density at radius 2 is 2.00 bits per heavy atom. The summed E-state index contributed by atoms with van der Waals surface area (Å²) in [5.41, 5.74) is 4.68. The second kappa shape index (κ2) is 8.66. The monoisotopic (exact) mass is 376 g/mol. The maximum atomic E-state index is 4.75. The second-order valence-corrected chi connectivity index (χ2v) is 8.46. The van der Waals surface area contributed by atoms with E-state index in [4.69, 9.17) is 9.98 Å². The van der Waals surface area contributed by atoms with Crippen molar-refractivity contribution in [1.29, 1.82) is 0 Å². The van der Waals surface area contributed by atoms with Gasteiger partial charge in [-0.1, -0.05) is 20.8 Å². The second-order valence-electron chi connectivity index (χ2n) is 7.52. The summed E-state index contributed by atoms with van der Waals surface area (Å²) in [5, 5.41) is 14.5. The molecule has 0 saturated heterocycles. The Balaban J connectivity index is 1.94. The number of hydrogen-bond donors (Lipinski definition) is 2. The SMILES string of the molecule is CCNC(=NCc1c(C)nn(C)c1C)NCCc1nc(C(C)(C)C)cs1. The maximum absolute atomic E-state index is 4.75. The van der Waals surface area contributed by atoms with E-state index in [0.29, 0.717) is 6.54 Å². The molecule has 0 aliphatic carbocycles. The van der Waals surface area contributed by atoms with Crippen molar-refractivity contribution in [1.82, 2.24) is 25.4 Å². The minimum absolute atomic E-state index is 0.109. The van der Waals surface area contributed by atoms with Gasteiger partial charge in [0.25, 0.3) is 0 Å². The minimum Gasteiger partial charge on any atom is -0.357 e. The van der Waals surface area contributed by atoms with Gasteiger partial charge in [0.05, 0.1) is 22.9 Å². The van der Waals surface area contributed by atoms with Gasteiger partial charge in [-0.15, -0.1) is 11.3 Å². The highest BCUT2D eigenvalue weighted by molar-refractivity contribution is 7.09. The van der Waals surface area contributed by atoms with Crippen LogP contribution in [0.15, 0.2) is 10.4 Å². The molecule has 0 fully saturated rings. The number of guanidine groups is 1. The molecule has 2 aromatic heterocycles. The highest BCUT2D eigenvalue weighted by Gasteiger charge is 2.17. The van der Waals surface area contributed by atoms with Gasteiger partial charge >= 0.3 is 0 Å². The highest BCUT2D eigenvalue weighted by atomic mass is 32.1. The third kappa shape index (κ3) is 5.30. The van der Waals surface area contributed by atoms with Crippen LogP contribution in [0.1, 0.15) is 55.3 Å². The predicted octanol–water partition coefficient (Wildman–Crippen LogP) is 3.09. The molecule has 144 valence electrons. The van der Waals surface area contributed by atoms with E-state index >= 15 is 0 Å². The highest BCUT2D eigenvalue weighted by Crippen LogP contribution is 2.23. The number of aryl methyl sites for hydroxylation is 2. The molecule has 0 aliphatic heterocycles. The zero-order valence-electron chi connectivity index (χ0n) is 17.1. The largest absolute Gasteiger partial charge is 0.357 e. The maximum Gasteiger partial charge on any atom is 0.191 e. The summed E-state index contributed by atoms with van der Waals surface area (Å²) in [6.07, 6.45) is 0.899. The molecule has 2 rings (SSSR count). The summed E-state index contributed by atoms with van der Waals surface area (Å²) in [4.78, 5) is 9.47. The van der Waals surface area contributed by atoms with Crippen LogP contribution < -0.4 is 10.6 Å². The molecule has 7 heteroatoms. The minimum atomic E-state index is 0.109. The number of thiazole rings is 1. The molecule has 26 heavy (non-hydrogen) atoms. The van der Waals surface area contributed by atoms with Gasteiger partial charge in [0.1, 0.15) is 0 Å². The Kier molecular flexibility index (Phi) is 6.81.